The van der Waals surface area contributed by atoms with E-state index in [-0.39, 0.29) is 11.3 Å². The Kier molecular flexibility index (Phi) is 5.00. The molecule has 1 rings (SSSR count). The maximum absolute atomic E-state index is 11.8. The lowest BCUT2D eigenvalue weighted by Crippen LogP contribution is -2.10. The van der Waals surface area contributed by atoms with E-state index in [9.17, 15) is 9.90 Å². The van der Waals surface area contributed by atoms with Crippen LogP contribution < -0.4 is 0 Å². The Bertz CT molecular complexity index is 427. The summed E-state index contributed by atoms with van der Waals surface area (Å²) in [5, 5.41) is 10.7. The maximum Gasteiger partial charge on any atom is 0.342 e. The Morgan fingerprint density at radius 2 is 2.12 bits per heavy atom. The molecule has 0 bridgehead atoms. The molecule has 0 amide bonds. The summed E-state index contributed by atoms with van der Waals surface area (Å²) in [7, 11) is 0. The van der Waals surface area contributed by atoms with Crippen LogP contribution in [0.15, 0.2) is 6.07 Å². The van der Waals surface area contributed by atoms with Gasteiger partial charge in [-0.3, -0.25) is 0 Å². The van der Waals surface area contributed by atoms with E-state index in [2.05, 4.69) is 15.9 Å². The summed E-state index contributed by atoms with van der Waals surface area (Å²) in [6, 6.07) is 1.62. The highest BCUT2D eigenvalue weighted by atomic mass is 79.9. The molecule has 0 radical (unpaired) electrons. The molecule has 0 saturated carbocycles. The largest absolute Gasteiger partial charge is 0.507 e. The average Bonchev–Trinajstić information content (AvgIpc) is 2.24. The van der Waals surface area contributed by atoms with Crippen molar-refractivity contribution in [2.45, 2.75) is 27.2 Å². The third-order valence-corrected chi connectivity index (χ3v) is 3.13. The summed E-state index contributed by atoms with van der Waals surface area (Å²) in [4.78, 5) is 11.8. The molecule has 0 fully saturated rings. The number of phenolic OH excluding ortho intramolecular Hbond substituents is 1. The van der Waals surface area contributed by atoms with Crippen molar-refractivity contribution in [2.24, 2.45) is 0 Å². The summed E-state index contributed by atoms with van der Waals surface area (Å²) in [5.74, 6) is -0.463. The first kappa shape index (κ1) is 14.0. The van der Waals surface area contributed by atoms with Crippen molar-refractivity contribution in [3.05, 3.63) is 28.3 Å². The summed E-state index contributed by atoms with van der Waals surface area (Å²) < 4.78 is 4.95. The number of phenols is 1. The van der Waals surface area contributed by atoms with E-state index in [1.54, 1.807) is 13.0 Å². The topological polar surface area (TPSA) is 46.5 Å². The molecule has 1 aromatic rings. The second-order valence-corrected chi connectivity index (χ2v) is 4.64. The zero-order chi connectivity index (χ0) is 13.0. The van der Waals surface area contributed by atoms with Gasteiger partial charge in [0.25, 0.3) is 0 Å². The molecule has 0 aromatic heterocycles. The molecule has 0 atom stereocenters. The third-order valence-electron chi connectivity index (χ3n) is 2.74. The fourth-order valence-corrected chi connectivity index (χ4v) is 2.34. The zero-order valence-corrected chi connectivity index (χ0v) is 11.9. The third kappa shape index (κ3) is 3.00. The number of benzene rings is 1. The Hall–Kier alpha value is -1.03. The number of alkyl halides is 1. The van der Waals surface area contributed by atoms with Gasteiger partial charge in [0.15, 0.2) is 0 Å². The number of aryl methyl sites for hydroxylation is 1. The number of aromatic hydroxyl groups is 1. The van der Waals surface area contributed by atoms with Gasteiger partial charge in [0.05, 0.1) is 6.61 Å². The van der Waals surface area contributed by atoms with Gasteiger partial charge in [0.2, 0.25) is 0 Å². The van der Waals surface area contributed by atoms with E-state index < -0.39 is 5.97 Å². The predicted octanol–water partition coefficient (Wildman–Crippen LogP) is 3.12. The van der Waals surface area contributed by atoms with Crippen LogP contribution in [0.3, 0.4) is 0 Å². The summed E-state index contributed by atoms with van der Waals surface area (Å²) in [5.41, 5.74) is 3.17. The number of halogens is 1. The quantitative estimate of drug-likeness (QED) is 0.686. The van der Waals surface area contributed by atoms with E-state index in [4.69, 9.17) is 4.74 Å². The van der Waals surface area contributed by atoms with Gasteiger partial charge >= 0.3 is 5.97 Å². The molecule has 0 aliphatic rings. The highest BCUT2D eigenvalue weighted by Crippen LogP contribution is 2.28. The zero-order valence-electron chi connectivity index (χ0n) is 10.3. The van der Waals surface area contributed by atoms with Crippen LogP contribution in [0.1, 0.15) is 34.0 Å². The number of hydrogen-bond donors (Lipinski definition) is 1. The molecule has 0 spiro atoms. The molecule has 4 heteroatoms. The van der Waals surface area contributed by atoms with Gasteiger partial charge in [0, 0.05) is 5.33 Å². The van der Waals surface area contributed by atoms with Crippen LogP contribution in [0, 0.1) is 13.8 Å². The molecule has 3 nitrogen and oxygen atoms in total. The molecule has 0 heterocycles. The molecule has 17 heavy (non-hydrogen) atoms. The van der Waals surface area contributed by atoms with E-state index in [0.717, 1.165) is 28.4 Å². The van der Waals surface area contributed by atoms with Crippen molar-refractivity contribution in [3.8, 4) is 5.75 Å². The van der Waals surface area contributed by atoms with Crippen LogP contribution in [-0.2, 0) is 11.2 Å². The Morgan fingerprint density at radius 3 is 2.65 bits per heavy atom. The van der Waals surface area contributed by atoms with Gasteiger partial charge in [-0.15, -0.1) is 0 Å². The Labute approximate surface area is 110 Å². The normalized spacial score (nSPS) is 10.4. The van der Waals surface area contributed by atoms with Crippen molar-refractivity contribution in [1.29, 1.82) is 0 Å². The Morgan fingerprint density at radius 1 is 1.47 bits per heavy atom. The summed E-state index contributed by atoms with van der Waals surface area (Å²) in [6.07, 6.45) is 0.824. The van der Waals surface area contributed by atoms with Crippen LogP contribution >= 0.6 is 15.9 Å². The summed E-state index contributed by atoms with van der Waals surface area (Å²) in [6.45, 7) is 5.83. The van der Waals surface area contributed by atoms with Gasteiger partial charge in [0.1, 0.15) is 11.3 Å². The van der Waals surface area contributed by atoms with Crippen molar-refractivity contribution < 1.29 is 14.6 Å². The number of ether oxygens (including phenoxy) is 1. The Balaban J connectivity index is 3.29. The first-order valence-corrected chi connectivity index (χ1v) is 6.70. The van der Waals surface area contributed by atoms with Crippen molar-refractivity contribution in [2.75, 3.05) is 11.9 Å². The van der Waals surface area contributed by atoms with Crippen molar-refractivity contribution in [3.63, 3.8) is 0 Å². The number of carbonyl (C=O) groups is 1. The number of carbonyl (C=O) groups excluding carboxylic acids is 1. The van der Waals surface area contributed by atoms with E-state index in [1.807, 2.05) is 13.8 Å². The first-order chi connectivity index (χ1) is 8.02. The average molecular weight is 301 g/mol. The van der Waals surface area contributed by atoms with Gasteiger partial charge in [-0.05, 0) is 49.9 Å². The van der Waals surface area contributed by atoms with Gasteiger partial charge in [-0.1, -0.05) is 15.9 Å². The number of hydrogen-bond acceptors (Lipinski definition) is 3. The molecule has 0 aliphatic heterocycles. The monoisotopic (exact) mass is 300 g/mol. The molecule has 0 saturated heterocycles. The molecule has 0 unspecified atom stereocenters. The lowest BCUT2D eigenvalue weighted by molar-refractivity contribution is 0.0522. The maximum atomic E-state index is 11.8. The lowest BCUT2D eigenvalue weighted by atomic mass is 9.95. The smallest absolute Gasteiger partial charge is 0.342 e. The second-order valence-electron chi connectivity index (χ2n) is 3.85. The van der Waals surface area contributed by atoms with Gasteiger partial charge in [-0.25, -0.2) is 4.79 Å². The first-order valence-electron chi connectivity index (χ1n) is 5.58. The molecule has 1 N–H and O–H groups in total. The molecule has 1 aromatic carbocycles. The van der Waals surface area contributed by atoms with Gasteiger partial charge < -0.3 is 9.84 Å². The van der Waals surface area contributed by atoms with Crippen molar-refractivity contribution >= 4 is 21.9 Å². The molecule has 0 aliphatic carbocycles. The molecule has 94 valence electrons. The fourth-order valence-electron chi connectivity index (χ4n) is 1.94. The fraction of sp³-hybridized carbons (Fsp3) is 0.462. The SMILES string of the molecule is CCOC(=O)c1c(O)cc(C)c(CCBr)c1C. The number of esters is 1. The second kappa shape index (κ2) is 6.05. The van der Waals surface area contributed by atoms with Crippen LogP contribution in [0.4, 0.5) is 0 Å². The van der Waals surface area contributed by atoms with Crippen LogP contribution in [0.25, 0.3) is 0 Å². The predicted molar refractivity (Wildman–Crippen MR) is 71.0 cm³/mol. The van der Waals surface area contributed by atoms with Gasteiger partial charge in [-0.2, -0.15) is 0 Å². The minimum Gasteiger partial charge on any atom is -0.507 e. The number of rotatable bonds is 4. The lowest BCUT2D eigenvalue weighted by Gasteiger charge is -2.14. The summed E-state index contributed by atoms with van der Waals surface area (Å²) >= 11 is 3.39. The molecular weight excluding hydrogens is 284 g/mol. The highest BCUT2D eigenvalue weighted by Gasteiger charge is 2.19. The standard InChI is InChI=1S/C13H17BrO3/c1-4-17-13(16)12-9(3)10(5-6-14)8(2)7-11(12)15/h7,15H,4-6H2,1-3H3. The van der Waals surface area contributed by atoms with Crippen LogP contribution in [0.5, 0.6) is 5.75 Å². The highest BCUT2D eigenvalue weighted by molar-refractivity contribution is 9.09. The van der Waals surface area contributed by atoms with Crippen LogP contribution in [0.2, 0.25) is 0 Å². The minimum absolute atomic E-state index is 0.00299. The van der Waals surface area contributed by atoms with E-state index >= 15 is 0 Å². The molecular formula is C13H17BrO3. The van der Waals surface area contributed by atoms with E-state index in [1.165, 1.54) is 0 Å². The van der Waals surface area contributed by atoms with E-state index in [0.29, 0.717) is 6.61 Å². The van der Waals surface area contributed by atoms with Crippen molar-refractivity contribution in [1.82, 2.24) is 0 Å². The minimum atomic E-state index is -0.460. The van der Waals surface area contributed by atoms with Crippen LogP contribution in [-0.4, -0.2) is 23.0 Å².